The highest BCUT2D eigenvalue weighted by Crippen LogP contribution is 2.25. The molecule has 1 heterocycles. The van der Waals surface area contributed by atoms with Gasteiger partial charge in [-0.3, -0.25) is 4.79 Å². The fourth-order valence-electron chi connectivity index (χ4n) is 2.66. The number of amides is 1. The van der Waals surface area contributed by atoms with E-state index in [-0.39, 0.29) is 11.5 Å². The predicted octanol–water partition coefficient (Wildman–Crippen LogP) is 4.34. The molecular weight excluding hydrogens is 348 g/mol. The summed E-state index contributed by atoms with van der Waals surface area (Å²) in [5, 5.41) is 14.1. The minimum absolute atomic E-state index is 0.146. The van der Waals surface area contributed by atoms with Crippen molar-refractivity contribution >= 4 is 34.6 Å². The highest BCUT2D eigenvalue weighted by Gasteiger charge is 2.16. The molecule has 0 fully saturated rings. The molecule has 6 heteroatoms. The van der Waals surface area contributed by atoms with Gasteiger partial charge in [-0.1, -0.05) is 36.4 Å². The van der Waals surface area contributed by atoms with E-state index in [1.54, 1.807) is 24.3 Å². The van der Waals surface area contributed by atoms with E-state index in [1.807, 2.05) is 47.7 Å². The molecule has 132 valence electrons. The van der Waals surface area contributed by atoms with E-state index in [0.717, 1.165) is 5.56 Å². The molecule has 0 atom stereocenters. The van der Waals surface area contributed by atoms with E-state index in [1.165, 1.54) is 17.4 Å². The first kappa shape index (κ1) is 17.7. The Labute approximate surface area is 155 Å². The summed E-state index contributed by atoms with van der Waals surface area (Å²) in [6.07, 6.45) is 0. The summed E-state index contributed by atoms with van der Waals surface area (Å²) in [7, 11) is 1.85. The number of carboxylic acid groups (broad SMARTS) is 1. The lowest BCUT2D eigenvalue weighted by atomic mass is 10.1. The van der Waals surface area contributed by atoms with E-state index >= 15 is 0 Å². The molecule has 3 aromatic rings. The Morgan fingerprint density at radius 1 is 1.08 bits per heavy atom. The monoisotopic (exact) mass is 366 g/mol. The fourth-order valence-corrected chi connectivity index (χ4v) is 3.28. The number of carboxylic acids is 1. The van der Waals surface area contributed by atoms with Crippen LogP contribution in [0, 0.1) is 0 Å². The van der Waals surface area contributed by atoms with Crippen molar-refractivity contribution < 1.29 is 14.7 Å². The maximum absolute atomic E-state index is 12.2. The number of carbonyl (C=O) groups is 2. The maximum Gasteiger partial charge on any atom is 0.337 e. The summed E-state index contributed by atoms with van der Waals surface area (Å²) in [6.45, 7) is 0.585. The summed E-state index contributed by atoms with van der Waals surface area (Å²) >= 11 is 1.33. The molecular formula is C20H18N2O3S. The smallest absolute Gasteiger partial charge is 0.337 e. The molecule has 0 unspecified atom stereocenters. The fraction of sp³-hybridized carbons (Fsp3) is 0.100. The van der Waals surface area contributed by atoms with Crippen LogP contribution in [0.1, 0.15) is 25.6 Å². The number of benzene rings is 2. The van der Waals surface area contributed by atoms with Gasteiger partial charge in [0.05, 0.1) is 16.1 Å². The van der Waals surface area contributed by atoms with Crippen molar-refractivity contribution in [3.63, 3.8) is 0 Å². The third-order valence-electron chi connectivity index (χ3n) is 3.90. The Hall–Kier alpha value is -3.12. The van der Waals surface area contributed by atoms with Crippen LogP contribution < -0.4 is 10.2 Å². The van der Waals surface area contributed by atoms with Gasteiger partial charge in [0, 0.05) is 19.3 Å². The van der Waals surface area contributed by atoms with Gasteiger partial charge in [-0.2, -0.15) is 0 Å². The number of nitrogens with one attached hydrogen (secondary N) is 1. The molecule has 0 bridgehead atoms. The van der Waals surface area contributed by atoms with Crippen molar-refractivity contribution in [2.45, 2.75) is 6.54 Å². The van der Waals surface area contributed by atoms with Gasteiger partial charge in [0.1, 0.15) is 0 Å². The van der Waals surface area contributed by atoms with Crippen LogP contribution in [0.15, 0.2) is 66.0 Å². The number of nitrogens with zero attached hydrogens (tertiary/aromatic N) is 1. The lowest BCUT2D eigenvalue weighted by Gasteiger charge is -2.22. The number of thiophene rings is 1. The number of hydrogen-bond donors (Lipinski definition) is 2. The highest BCUT2D eigenvalue weighted by molar-refractivity contribution is 7.12. The van der Waals surface area contributed by atoms with Crippen LogP contribution in [0.2, 0.25) is 0 Å². The number of aromatic carboxylic acids is 1. The maximum atomic E-state index is 12.2. The molecule has 26 heavy (non-hydrogen) atoms. The molecule has 0 saturated carbocycles. The van der Waals surface area contributed by atoms with Gasteiger partial charge in [0.15, 0.2) is 0 Å². The number of anilines is 2. The van der Waals surface area contributed by atoms with Crippen molar-refractivity contribution in [2.75, 3.05) is 17.3 Å². The molecule has 0 aliphatic rings. The zero-order valence-electron chi connectivity index (χ0n) is 14.2. The first-order valence-corrected chi connectivity index (χ1v) is 8.90. The summed E-state index contributed by atoms with van der Waals surface area (Å²) < 4.78 is 0. The van der Waals surface area contributed by atoms with Gasteiger partial charge in [0.2, 0.25) is 0 Å². The molecule has 0 saturated heterocycles. The van der Waals surface area contributed by atoms with Gasteiger partial charge >= 0.3 is 5.97 Å². The van der Waals surface area contributed by atoms with Crippen LogP contribution >= 0.6 is 11.3 Å². The summed E-state index contributed by atoms with van der Waals surface area (Å²) in [6, 6.07) is 18.3. The van der Waals surface area contributed by atoms with Crippen molar-refractivity contribution in [2.24, 2.45) is 0 Å². The van der Waals surface area contributed by atoms with E-state index in [9.17, 15) is 14.7 Å². The Balaban J connectivity index is 1.82. The summed E-state index contributed by atoms with van der Waals surface area (Å²) in [5.74, 6) is -1.28. The third-order valence-corrected chi connectivity index (χ3v) is 4.77. The standard InChI is InChI=1S/C20H18N2O3S/c1-22(13-14-6-3-2-4-7-14)17-10-9-15(12-16(17)20(24)25)21-19(23)18-8-5-11-26-18/h2-12H,13H2,1H3,(H,21,23)(H,24,25). The van der Waals surface area contributed by atoms with E-state index < -0.39 is 5.97 Å². The van der Waals surface area contributed by atoms with Crippen LogP contribution in [0.3, 0.4) is 0 Å². The molecule has 3 rings (SSSR count). The second-order valence-corrected chi connectivity index (χ2v) is 6.76. The first-order chi connectivity index (χ1) is 12.5. The van der Waals surface area contributed by atoms with Crippen molar-refractivity contribution in [3.8, 4) is 0 Å². The summed E-state index contributed by atoms with van der Waals surface area (Å²) in [5.41, 5.74) is 2.28. The van der Waals surface area contributed by atoms with E-state index in [4.69, 9.17) is 0 Å². The van der Waals surface area contributed by atoms with Gasteiger partial charge in [-0.15, -0.1) is 11.3 Å². The zero-order valence-corrected chi connectivity index (χ0v) is 15.0. The molecule has 2 aromatic carbocycles. The second kappa shape index (κ2) is 7.84. The van der Waals surface area contributed by atoms with Crippen molar-refractivity contribution in [1.29, 1.82) is 0 Å². The molecule has 0 spiro atoms. The van der Waals surface area contributed by atoms with Gasteiger partial charge < -0.3 is 15.3 Å². The molecule has 0 aliphatic heterocycles. The van der Waals surface area contributed by atoms with Crippen molar-refractivity contribution in [1.82, 2.24) is 0 Å². The van der Waals surface area contributed by atoms with Gasteiger partial charge in [-0.05, 0) is 35.2 Å². The Bertz CT molecular complexity index is 908. The number of rotatable bonds is 6. The molecule has 1 amide bonds. The van der Waals surface area contributed by atoms with E-state index in [0.29, 0.717) is 22.8 Å². The number of hydrogen-bond acceptors (Lipinski definition) is 4. The first-order valence-electron chi connectivity index (χ1n) is 8.02. The molecule has 2 N–H and O–H groups in total. The quantitative estimate of drug-likeness (QED) is 0.681. The van der Waals surface area contributed by atoms with Gasteiger partial charge in [0.25, 0.3) is 5.91 Å². The SMILES string of the molecule is CN(Cc1ccccc1)c1ccc(NC(=O)c2cccs2)cc1C(=O)O. The van der Waals surface area contributed by atoms with Crippen molar-refractivity contribution in [3.05, 3.63) is 82.0 Å². The van der Waals surface area contributed by atoms with Crippen LogP contribution in [0.25, 0.3) is 0 Å². The zero-order chi connectivity index (χ0) is 18.5. The normalized spacial score (nSPS) is 10.3. The Kier molecular flexibility index (Phi) is 5.34. The third kappa shape index (κ3) is 4.10. The molecule has 5 nitrogen and oxygen atoms in total. The minimum atomic E-state index is -1.04. The number of carbonyl (C=O) groups excluding carboxylic acids is 1. The summed E-state index contributed by atoms with van der Waals surface area (Å²) in [4.78, 5) is 26.3. The Morgan fingerprint density at radius 3 is 2.50 bits per heavy atom. The molecule has 0 radical (unpaired) electrons. The Morgan fingerprint density at radius 2 is 1.85 bits per heavy atom. The van der Waals surface area contributed by atoms with Crippen LogP contribution in [0.4, 0.5) is 11.4 Å². The predicted molar refractivity (Wildman–Crippen MR) is 104 cm³/mol. The van der Waals surface area contributed by atoms with Gasteiger partial charge in [-0.25, -0.2) is 4.79 Å². The second-order valence-electron chi connectivity index (χ2n) is 5.81. The van der Waals surface area contributed by atoms with Crippen LogP contribution in [-0.4, -0.2) is 24.0 Å². The van der Waals surface area contributed by atoms with Crippen LogP contribution in [-0.2, 0) is 6.54 Å². The average molecular weight is 366 g/mol. The lowest BCUT2D eigenvalue weighted by molar-refractivity contribution is 0.0697. The molecule has 0 aliphatic carbocycles. The average Bonchev–Trinajstić information content (AvgIpc) is 3.17. The topological polar surface area (TPSA) is 69.6 Å². The largest absolute Gasteiger partial charge is 0.478 e. The lowest BCUT2D eigenvalue weighted by Crippen LogP contribution is -2.20. The van der Waals surface area contributed by atoms with Crippen LogP contribution in [0.5, 0.6) is 0 Å². The van der Waals surface area contributed by atoms with E-state index in [2.05, 4.69) is 5.32 Å². The highest BCUT2D eigenvalue weighted by atomic mass is 32.1. The molecule has 1 aromatic heterocycles. The minimum Gasteiger partial charge on any atom is -0.478 e.